The van der Waals surface area contributed by atoms with Gasteiger partial charge in [0.2, 0.25) is 5.91 Å². The third kappa shape index (κ3) is 11.8. The average molecular weight is 585 g/mol. The van der Waals surface area contributed by atoms with E-state index >= 15 is 0 Å². The van der Waals surface area contributed by atoms with E-state index in [0.717, 1.165) is 57.2 Å². The summed E-state index contributed by atoms with van der Waals surface area (Å²) in [6.45, 7) is 15.1. The Morgan fingerprint density at radius 3 is 2.39 bits per heavy atom. The zero-order valence-electron chi connectivity index (χ0n) is 26.4. The van der Waals surface area contributed by atoms with Gasteiger partial charge in [0.25, 0.3) is 5.91 Å². The first-order valence-electron chi connectivity index (χ1n) is 15.6. The molecule has 1 aliphatic carbocycles. The lowest BCUT2D eigenvalue weighted by Gasteiger charge is -2.37. The van der Waals surface area contributed by atoms with Crippen molar-refractivity contribution in [3.8, 4) is 0 Å². The molecule has 6 heteroatoms. The molecule has 5 nitrogen and oxygen atoms in total. The summed E-state index contributed by atoms with van der Waals surface area (Å²) < 4.78 is 0. The van der Waals surface area contributed by atoms with Crippen LogP contribution in [0.5, 0.6) is 0 Å². The zero-order chi connectivity index (χ0) is 30.6. The molecular formula is C35H53ClN2O3. The van der Waals surface area contributed by atoms with Gasteiger partial charge >= 0.3 is 0 Å². The molecule has 0 radical (unpaired) electrons. The summed E-state index contributed by atoms with van der Waals surface area (Å²) in [7, 11) is 0. The minimum Gasteiger partial charge on any atom is -0.356 e. The maximum Gasteiger partial charge on any atom is 0.255 e. The predicted molar refractivity (Wildman–Crippen MR) is 171 cm³/mol. The average Bonchev–Trinajstić information content (AvgIpc) is 3.14. The zero-order valence-corrected chi connectivity index (χ0v) is 27.2. The van der Waals surface area contributed by atoms with Crippen molar-refractivity contribution in [2.24, 2.45) is 29.1 Å². The van der Waals surface area contributed by atoms with Crippen LogP contribution in [0.15, 0.2) is 47.7 Å². The molecule has 1 aromatic rings. The van der Waals surface area contributed by atoms with Gasteiger partial charge in [-0.2, -0.15) is 0 Å². The number of ketones is 1. The molecule has 1 saturated carbocycles. The fourth-order valence-corrected chi connectivity index (χ4v) is 6.02. The van der Waals surface area contributed by atoms with Crippen LogP contribution in [0.4, 0.5) is 0 Å². The second-order valence-electron chi connectivity index (χ2n) is 13.0. The van der Waals surface area contributed by atoms with E-state index in [0.29, 0.717) is 40.3 Å². The van der Waals surface area contributed by atoms with E-state index in [1.54, 1.807) is 31.2 Å². The van der Waals surface area contributed by atoms with Gasteiger partial charge in [-0.3, -0.25) is 14.4 Å². The molecule has 2 N–H and O–H groups in total. The fraction of sp³-hybridized carbons (Fsp3) is 0.629. The molecule has 0 bridgehead atoms. The number of carbonyl (C=O) groups is 3. The number of halogens is 1. The number of hydrogen-bond acceptors (Lipinski definition) is 3. The minimum atomic E-state index is -0.220. The topological polar surface area (TPSA) is 75.3 Å². The molecule has 3 atom stereocenters. The van der Waals surface area contributed by atoms with Crippen molar-refractivity contribution in [2.45, 2.75) is 106 Å². The van der Waals surface area contributed by atoms with Crippen LogP contribution in [0.1, 0.15) is 117 Å². The number of carbonyl (C=O) groups excluding carboxylic acids is 3. The van der Waals surface area contributed by atoms with Gasteiger partial charge in [0, 0.05) is 40.7 Å². The number of nitrogens with one attached hydrogen (secondary N) is 2. The minimum absolute atomic E-state index is 0.0256. The van der Waals surface area contributed by atoms with Gasteiger partial charge in [-0.15, -0.1) is 0 Å². The second kappa shape index (κ2) is 16.9. The smallest absolute Gasteiger partial charge is 0.255 e. The number of amides is 2. The molecule has 3 unspecified atom stereocenters. The first kappa shape index (κ1) is 34.8. The van der Waals surface area contributed by atoms with Gasteiger partial charge in [-0.25, -0.2) is 0 Å². The number of Topliss-reactive ketones (excluding diaryl/α,β-unsaturated/α-hetero) is 1. The molecule has 1 aromatic carbocycles. The Morgan fingerprint density at radius 1 is 1.10 bits per heavy atom. The SMILES string of the molecule is CC=C(C=C(NC(=O)c1cccc(Cl)c1)C(CCC1CCCC(CC(=O)NCC(C)C)CC1)C(C)(C)CC)C(C)=O. The van der Waals surface area contributed by atoms with Crippen molar-refractivity contribution in [3.05, 3.63) is 58.3 Å². The Morgan fingerprint density at radius 2 is 1.78 bits per heavy atom. The molecule has 2 amide bonds. The Bertz CT molecular complexity index is 1090. The summed E-state index contributed by atoms with van der Waals surface area (Å²) in [6.07, 6.45) is 12.9. The molecule has 2 rings (SSSR count). The normalized spacial score (nSPS) is 19.4. The monoisotopic (exact) mass is 584 g/mol. The molecule has 1 aliphatic rings. The molecular weight excluding hydrogens is 532 g/mol. The highest BCUT2D eigenvalue weighted by Crippen LogP contribution is 2.41. The van der Waals surface area contributed by atoms with Crippen LogP contribution < -0.4 is 10.6 Å². The van der Waals surface area contributed by atoms with E-state index in [1.165, 1.54) is 6.42 Å². The van der Waals surface area contributed by atoms with Crippen molar-refractivity contribution in [2.75, 3.05) is 6.54 Å². The lowest BCUT2D eigenvalue weighted by atomic mass is 9.71. The molecule has 1 fully saturated rings. The van der Waals surface area contributed by atoms with Crippen LogP contribution in [-0.4, -0.2) is 24.1 Å². The Kier molecular flexibility index (Phi) is 14.3. The highest BCUT2D eigenvalue weighted by Gasteiger charge is 2.33. The predicted octanol–water partition coefficient (Wildman–Crippen LogP) is 8.68. The maximum atomic E-state index is 13.4. The van der Waals surface area contributed by atoms with Crippen LogP contribution in [0.3, 0.4) is 0 Å². The maximum absolute atomic E-state index is 13.4. The second-order valence-corrected chi connectivity index (χ2v) is 13.4. The lowest BCUT2D eigenvalue weighted by Crippen LogP contribution is -2.35. The van der Waals surface area contributed by atoms with Crippen molar-refractivity contribution in [3.63, 3.8) is 0 Å². The number of hydrogen-bond donors (Lipinski definition) is 2. The van der Waals surface area contributed by atoms with E-state index in [-0.39, 0.29) is 28.9 Å². The molecule has 228 valence electrons. The third-order valence-corrected chi connectivity index (χ3v) is 9.09. The fourth-order valence-electron chi connectivity index (χ4n) is 5.83. The summed E-state index contributed by atoms with van der Waals surface area (Å²) in [5, 5.41) is 6.78. The van der Waals surface area contributed by atoms with Gasteiger partial charge in [-0.1, -0.05) is 84.0 Å². The highest BCUT2D eigenvalue weighted by molar-refractivity contribution is 6.31. The van der Waals surface area contributed by atoms with Gasteiger partial charge in [0.1, 0.15) is 0 Å². The molecule has 0 aromatic heterocycles. The van der Waals surface area contributed by atoms with E-state index < -0.39 is 0 Å². The Hall–Kier alpha value is -2.40. The summed E-state index contributed by atoms with van der Waals surface area (Å²) in [4.78, 5) is 38.2. The molecule has 0 aliphatic heterocycles. The summed E-state index contributed by atoms with van der Waals surface area (Å²) in [5.41, 5.74) is 1.79. The van der Waals surface area contributed by atoms with Crippen LogP contribution in [-0.2, 0) is 9.59 Å². The van der Waals surface area contributed by atoms with Gasteiger partial charge < -0.3 is 10.6 Å². The Balaban J connectivity index is 2.22. The summed E-state index contributed by atoms with van der Waals surface area (Å²) in [5.74, 6) is 1.51. The van der Waals surface area contributed by atoms with E-state index in [2.05, 4.69) is 45.3 Å². The van der Waals surface area contributed by atoms with Gasteiger partial charge in [-0.05, 0) is 87.0 Å². The lowest BCUT2D eigenvalue weighted by molar-refractivity contribution is -0.122. The molecule has 41 heavy (non-hydrogen) atoms. The number of allylic oxidation sites excluding steroid dienone is 4. The Labute approximate surface area is 254 Å². The quantitative estimate of drug-likeness (QED) is 0.130. The standard InChI is InChI=1S/C35H53ClN2O3/c1-8-28(25(5)39)22-32(38-34(41)29-14-11-15-30(36)21-29)31(35(6,7)9-2)19-18-26-12-10-13-27(17-16-26)20-33(40)37-23-24(3)4/h8,11,14-15,21-22,24,26-27,31H,9-10,12-13,16-20,23H2,1-7H3,(H,37,40)(H,38,41). The van der Waals surface area contributed by atoms with E-state index in [4.69, 9.17) is 11.6 Å². The van der Waals surface area contributed by atoms with Crippen molar-refractivity contribution < 1.29 is 14.4 Å². The first-order chi connectivity index (χ1) is 19.4. The van der Waals surface area contributed by atoms with E-state index in [1.807, 2.05) is 19.1 Å². The molecule has 0 heterocycles. The van der Waals surface area contributed by atoms with Gasteiger partial charge in [0.05, 0.1) is 0 Å². The molecule has 0 saturated heterocycles. The van der Waals surface area contributed by atoms with Crippen LogP contribution in [0, 0.1) is 29.1 Å². The van der Waals surface area contributed by atoms with Crippen molar-refractivity contribution in [1.82, 2.24) is 10.6 Å². The number of benzene rings is 1. The third-order valence-electron chi connectivity index (χ3n) is 8.86. The number of rotatable bonds is 14. The largest absolute Gasteiger partial charge is 0.356 e. The van der Waals surface area contributed by atoms with Crippen LogP contribution in [0.2, 0.25) is 5.02 Å². The first-order valence-corrected chi connectivity index (χ1v) is 16.0. The highest BCUT2D eigenvalue weighted by atomic mass is 35.5. The van der Waals surface area contributed by atoms with Crippen LogP contribution in [0.25, 0.3) is 0 Å². The van der Waals surface area contributed by atoms with Gasteiger partial charge in [0.15, 0.2) is 5.78 Å². The van der Waals surface area contributed by atoms with Crippen LogP contribution >= 0.6 is 11.6 Å². The van der Waals surface area contributed by atoms with Crippen molar-refractivity contribution >= 4 is 29.2 Å². The summed E-state index contributed by atoms with van der Waals surface area (Å²) >= 11 is 6.18. The summed E-state index contributed by atoms with van der Waals surface area (Å²) in [6, 6.07) is 6.95. The van der Waals surface area contributed by atoms with Crippen molar-refractivity contribution in [1.29, 1.82) is 0 Å². The van der Waals surface area contributed by atoms with E-state index in [9.17, 15) is 14.4 Å². The molecule has 0 spiro atoms.